The molecular weight excluding hydrogens is 576 g/mol. The maximum Gasteiger partial charge on any atom is 0.229 e. The lowest BCUT2D eigenvalue weighted by molar-refractivity contribution is -0.277. The van der Waals surface area contributed by atoms with Gasteiger partial charge in [-0.1, -0.05) is 0 Å². The standard InChI is InChI=1S/C28H32O15/c1-39-14-7-15(42-28-25(38)23(36)21(34)17(9-30)43-28)18-12(32)6-13(10-2-4-11(31)5-3-10)40-26(18)19(14)27-24(37)22(35)20(33)16(8-29)41-27/h2-7,16-17,20-25,27-31,33-38H,8-9H2,1H3/t16?,17?,20-,21-,22+,23+,24?,25?,27+,28-/m1/s1. The van der Waals surface area contributed by atoms with E-state index in [1.165, 1.54) is 37.4 Å². The number of aliphatic hydroxyl groups excluding tert-OH is 8. The minimum Gasteiger partial charge on any atom is -0.508 e. The number of hydrogen-bond acceptors (Lipinski definition) is 15. The molecule has 2 aliphatic rings. The van der Waals surface area contributed by atoms with Gasteiger partial charge in [-0.3, -0.25) is 4.79 Å². The highest BCUT2D eigenvalue weighted by Gasteiger charge is 2.47. The number of ether oxygens (including phenoxy) is 4. The summed E-state index contributed by atoms with van der Waals surface area (Å²) in [6.45, 7) is -1.47. The third-order valence-electron chi connectivity index (χ3n) is 7.61. The van der Waals surface area contributed by atoms with E-state index in [1.807, 2.05) is 0 Å². The Hall–Kier alpha value is -3.35. The maximum absolute atomic E-state index is 13.7. The van der Waals surface area contributed by atoms with E-state index in [-0.39, 0.29) is 39.5 Å². The van der Waals surface area contributed by atoms with Crippen molar-refractivity contribution in [3.63, 3.8) is 0 Å². The number of methoxy groups -OCH3 is 1. The van der Waals surface area contributed by atoms with Crippen LogP contribution >= 0.6 is 0 Å². The SMILES string of the molecule is COc1cc(O[C@@H]2OC(CO)[C@@H](O)[C@H](O)C2O)c2c(=O)cc(-c3ccc(O)cc3)oc2c1[C@@H]1OC(CO)[C@@H](O)[C@H](O)C1O. The van der Waals surface area contributed by atoms with Crippen molar-refractivity contribution < 1.29 is 69.3 Å². The molecule has 9 N–H and O–H groups in total. The molecular formula is C28H32O15. The molecule has 2 aromatic carbocycles. The Balaban J connectivity index is 1.72. The molecule has 0 saturated carbocycles. The van der Waals surface area contributed by atoms with Crippen LogP contribution in [0.1, 0.15) is 11.7 Å². The van der Waals surface area contributed by atoms with Gasteiger partial charge in [-0.05, 0) is 24.3 Å². The molecule has 1 aromatic heterocycles. The van der Waals surface area contributed by atoms with E-state index in [1.54, 1.807) is 0 Å². The molecule has 0 bridgehead atoms. The van der Waals surface area contributed by atoms with Crippen LogP contribution in [0.5, 0.6) is 17.2 Å². The summed E-state index contributed by atoms with van der Waals surface area (Å²) in [5.74, 6) is -0.473. The number of fused-ring (bicyclic) bond motifs is 1. The van der Waals surface area contributed by atoms with E-state index >= 15 is 0 Å². The molecule has 0 spiro atoms. The van der Waals surface area contributed by atoms with Gasteiger partial charge in [0.05, 0.1) is 25.9 Å². The number of aliphatic hydroxyl groups is 8. The normalized spacial score (nSPS) is 33.0. The molecule has 4 unspecified atom stereocenters. The average molecular weight is 609 g/mol. The lowest BCUT2D eigenvalue weighted by Crippen LogP contribution is -2.60. The summed E-state index contributed by atoms with van der Waals surface area (Å²) in [6, 6.07) is 7.95. The van der Waals surface area contributed by atoms with E-state index in [0.717, 1.165) is 6.07 Å². The molecule has 10 atom stereocenters. The van der Waals surface area contributed by atoms with Crippen LogP contribution in [0.25, 0.3) is 22.3 Å². The zero-order valence-corrected chi connectivity index (χ0v) is 22.6. The molecule has 3 heterocycles. The van der Waals surface area contributed by atoms with E-state index < -0.39 is 79.9 Å². The van der Waals surface area contributed by atoms with Crippen molar-refractivity contribution in [3.05, 3.63) is 52.2 Å². The lowest BCUT2D eigenvalue weighted by Gasteiger charge is -2.41. The third-order valence-corrected chi connectivity index (χ3v) is 7.61. The Morgan fingerprint density at radius 2 is 1.37 bits per heavy atom. The minimum absolute atomic E-state index is 0.00427. The van der Waals surface area contributed by atoms with Gasteiger partial charge in [-0.2, -0.15) is 0 Å². The van der Waals surface area contributed by atoms with Gasteiger partial charge >= 0.3 is 0 Å². The Bertz CT molecular complexity index is 1490. The van der Waals surface area contributed by atoms with Crippen LogP contribution in [-0.4, -0.2) is 121 Å². The van der Waals surface area contributed by atoms with Crippen molar-refractivity contribution in [1.29, 1.82) is 0 Å². The first-order chi connectivity index (χ1) is 20.5. The van der Waals surface area contributed by atoms with Crippen molar-refractivity contribution in [3.8, 4) is 28.6 Å². The molecule has 0 aliphatic carbocycles. The first-order valence-electron chi connectivity index (χ1n) is 13.3. The molecule has 43 heavy (non-hydrogen) atoms. The first-order valence-corrected chi connectivity index (χ1v) is 13.3. The number of aromatic hydroxyl groups is 1. The van der Waals surface area contributed by atoms with Gasteiger partial charge in [0, 0.05) is 17.7 Å². The fourth-order valence-corrected chi connectivity index (χ4v) is 5.23. The summed E-state index contributed by atoms with van der Waals surface area (Å²) in [6.07, 6.45) is -16.4. The largest absolute Gasteiger partial charge is 0.508 e. The van der Waals surface area contributed by atoms with E-state index in [0.29, 0.717) is 5.56 Å². The van der Waals surface area contributed by atoms with Crippen LogP contribution in [-0.2, 0) is 9.47 Å². The maximum atomic E-state index is 13.7. The first kappa shape index (κ1) is 31.1. The molecule has 2 saturated heterocycles. The molecule has 234 valence electrons. The fourth-order valence-electron chi connectivity index (χ4n) is 5.23. The Kier molecular flexibility index (Phi) is 8.92. The highest BCUT2D eigenvalue weighted by atomic mass is 16.7. The zero-order valence-electron chi connectivity index (χ0n) is 22.6. The summed E-state index contributed by atoms with van der Waals surface area (Å²) in [4.78, 5) is 13.7. The predicted molar refractivity (Wildman–Crippen MR) is 143 cm³/mol. The van der Waals surface area contributed by atoms with Crippen LogP contribution in [0, 0.1) is 0 Å². The zero-order chi connectivity index (χ0) is 31.2. The summed E-state index contributed by atoms with van der Waals surface area (Å²) < 4.78 is 28.7. The molecule has 2 aliphatic heterocycles. The molecule has 15 heteroatoms. The molecule has 0 amide bonds. The van der Waals surface area contributed by atoms with Crippen molar-refractivity contribution >= 4 is 11.0 Å². The Labute approximate surface area is 242 Å². The van der Waals surface area contributed by atoms with Crippen LogP contribution in [0.4, 0.5) is 0 Å². The number of rotatable bonds is 7. The fraction of sp³-hybridized carbons (Fsp3) is 0.464. The molecule has 0 radical (unpaired) electrons. The summed E-state index contributed by atoms with van der Waals surface area (Å²) in [7, 11) is 1.23. The van der Waals surface area contributed by atoms with Crippen molar-refractivity contribution in [2.24, 2.45) is 0 Å². The van der Waals surface area contributed by atoms with Crippen LogP contribution < -0.4 is 14.9 Å². The monoisotopic (exact) mass is 608 g/mol. The van der Waals surface area contributed by atoms with Gasteiger partial charge in [-0.25, -0.2) is 0 Å². The van der Waals surface area contributed by atoms with Gasteiger partial charge in [0.1, 0.15) is 83.3 Å². The number of hydrogen-bond donors (Lipinski definition) is 9. The number of phenols is 1. The smallest absolute Gasteiger partial charge is 0.229 e. The van der Waals surface area contributed by atoms with Gasteiger partial charge in [0.2, 0.25) is 6.29 Å². The van der Waals surface area contributed by atoms with Crippen molar-refractivity contribution in [2.45, 2.75) is 61.2 Å². The number of phenolic OH excluding ortho intramolecular Hbond substituents is 1. The highest BCUT2D eigenvalue weighted by Crippen LogP contribution is 2.45. The lowest BCUT2D eigenvalue weighted by atomic mass is 9.89. The Morgan fingerprint density at radius 1 is 0.767 bits per heavy atom. The average Bonchev–Trinajstić information content (AvgIpc) is 3.00. The Morgan fingerprint density at radius 3 is 1.98 bits per heavy atom. The van der Waals surface area contributed by atoms with Crippen LogP contribution in [0.3, 0.4) is 0 Å². The van der Waals surface area contributed by atoms with Gasteiger partial charge in [0.25, 0.3) is 0 Å². The molecule has 2 fully saturated rings. The molecule has 5 rings (SSSR count). The van der Waals surface area contributed by atoms with E-state index in [9.17, 15) is 50.8 Å². The quantitative estimate of drug-likeness (QED) is 0.139. The van der Waals surface area contributed by atoms with Crippen LogP contribution in [0.2, 0.25) is 0 Å². The van der Waals surface area contributed by atoms with Gasteiger partial charge < -0.3 is 69.3 Å². The van der Waals surface area contributed by atoms with Gasteiger partial charge in [0.15, 0.2) is 11.0 Å². The van der Waals surface area contributed by atoms with Crippen LogP contribution in [0.15, 0.2) is 45.6 Å². The highest BCUT2D eigenvalue weighted by molar-refractivity contribution is 5.90. The molecule has 3 aromatic rings. The topological polar surface area (TPSA) is 249 Å². The minimum atomic E-state index is -1.83. The van der Waals surface area contributed by atoms with E-state index in [2.05, 4.69) is 0 Å². The predicted octanol–water partition coefficient (Wildman–Crippen LogP) is -2.13. The van der Waals surface area contributed by atoms with E-state index in [4.69, 9.17) is 23.4 Å². The van der Waals surface area contributed by atoms with Gasteiger partial charge in [-0.15, -0.1) is 0 Å². The summed E-state index contributed by atoms with van der Waals surface area (Å²) in [5, 5.41) is 91.4. The second kappa shape index (κ2) is 12.3. The van der Waals surface area contributed by atoms with Crippen molar-refractivity contribution in [1.82, 2.24) is 0 Å². The second-order valence-electron chi connectivity index (χ2n) is 10.3. The summed E-state index contributed by atoms with van der Waals surface area (Å²) in [5.41, 5.74) is -0.736. The number of benzene rings is 2. The third kappa shape index (κ3) is 5.56. The van der Waals surface area contributed by atoms with Crippen molar-refractivity contribution in [2.75, 3.05) is 20.3 Å². The summed E-state index contributed by atoms with van der Waals surface area (Å²) >= 11 is 0. The molecule has 15 nitrogen and oxygen atoms in total. The second-order valence-corrected chi connectivity index (χ2v) is 10.3.